The highest BCUT2D eigenvalue weighted by Gasteiger charge is 2.78. The maximum Gasteiger partial charge on any atom is 0.504 e. The second-order valence-corrected chi connectivity index (χ2v) is 6.44. The minimum atomic E-state index is -4.00. The molecule has 24 heavy (non-hydrogen) atoms. The van der Waals surface area contributed by atoms with Crippen LogP contribution < -0.4 is 11.2 Å². The number of halogens is 3. The molecular formula is C11H11F3N2O7P+. The molecule has 3 rings (SSSR count). The van der Waals surface area contributed by atoms with Crippen LogP contribution in [0.15, 0.2) is 15.8 Å². The number of nitrogens with one attached hydrogen (secondary N) is 1. The van der Waals surface area contributed by atoms with Gasteiger partial charge >= 0.3 is 19.8 Å². The Morgan fingerprint density at radius 2 is 2.12 bits per heavy atom. The number of H-pyrrole nitrogens is 1. The molecular weight excluding hydrogens is 360 g/mol. The fraction of sp³-hybridized carbons (Fsp3) is 0.636. The van der Waals surface area contributed by atoms with E-state index in [2.05, 4.69) is 9.26 Å². The van der Waals surface area contributed by atoms with E-state index in [0.29, 0.717) is 10.8 Å². The molecule has 2 fully saturated rings. The number of aromatic amines is 1. The Bertz CT molecular complexity index is 812. The summed E-state index contributed by atoms with van der Waals surface area (Å²) in [5, 5.41) is 10.1. The number of aliphatic hydroxyl groups excluding tert-OH is 1. The van der Waals surface area contributed by atoms with Gasteiger partial charge in [0, 0.05) is 0 Å². The number of ether oxygens (including phenoxy) is 2. The summed E-state index contributed by atoms with van der Waals surface area (Å²) in [5.74, 6) is -1.36. The van der Waals surface area contributed by atoms with E-state index in [1.54, 1.807) is 4.98 Å². The van der Waals surface area contributed by atoms with Crippen LogP contribution in [0.3, 0.4) is 0 Å². The van der Waals surface area contributed by atoms with Crippen molar-refractivity contribution in [3.05, 3.63) is 32.9 Å². The van der Waals surface area contributed by atoms with Gasteiger partial charge in [0.05, 0.1) is 6.20 Å². The molecule has 0 aliphatic carbocycles. The van der Waals surface area contributed by atoms with Gasteiger partial charge in [-0.25, -0.2) is 4.79 Å². The van der Waals surface area contributed by atoms with Gasteiger partial charge in [-0.05, 0) is 4.57 Å². The van der Waals surface area contributed by atoms with Crippen molar-refractivity contribution >= 4 is 8.03 Å². The third-order valence-electron chi connectivity index (χ3n) is 3.84. The molecule has 2 aliphatic rings. The van der Waals surface area contributed by atoms with Crippen LogP contribution in [0.5, 0.6) is 0 Å². The van der Waals surface area contributed by atoms with E-state index in [4.69, 9.17) is 4.74 Å². The van der Waals surface area contributed by atoms with Crippen LogP contribution >= 0.6 is 8.03 Å². The summed E-state index contributed by atoms with van der Waals surface area (Å²) >= 11 is 0. The largest absolute Gasteiger partial charge is 0.504 e. The molecule has 1 aromatic rings. The van der Waals surface area contributed by atoms with Crippen molar-refractivity contribution in [2.45, 2.75) is 30.1 Å². The summed E-state index contributed by atoms with van der Waals surface area (Å²) in [4.78, 5) is 24.4. The summed E-state index contributed by atoms with van der Waals surface area (Å²) in [6, 6.07) is 0. The smallest absolute Gasteiger partial charge is 0.387 e. The van der Waals surface area contributed by atoms with Gasteiger partial charge in [0.25, 0.3) is 5.56 Å². The quantitative estimate of drug-likeness (QED) is 0.697. The number of hydrogen-bond donors (Lipinski definition) is 2. The SMILES string of the molecule is C[P+](=O)OC[C@]12O[C@@H](n3cc(F)c(=O)[nH]c3=O)[C@H](OC1(F)F)[C@@H]2O. The van der Waals surface area contributed by atoms with Crippen LogP contribution in [-0.4, -0.2) is 51.8 Å². The number of aromatic nitrogens is 2. The van der Waals surface area contributed by atoms with E-state index in [9.17, 15) is 32.4 Å². The third-order valence-corrected chi connectivity index (χ3v) is 4.33. The molecule has 2 bridgehead atoms. The zero-order chi connectivity index (χ0) is 17.9. The van der Waals surface area contributed by atoms with Crippen molar-refractivity contribution in [2.24, 2.45) is 0 Å². The van der Waals surface area contributed by atoms with E-state index in [-0.39, 0.29) is 0 Å². The highest BCUT2D eigenvalue weighted by Crippen LogP contribution is 2.55. The molecule has 5 atom stereocenters. The lowest BCUT2D eigenvalue weighted by Gasteiger charge is -2.35. The highest BCUT2D eigenvalue weighted by atomic mass is 31.1. The lowest BCUT2D eigenvalue weighted by atomic mass is 9.98. The van der Waals surface area contributed by atoms with Gasteiger partial charge in [-0.15, -0.1) is 4.52 Å². The van der Waals surface area contributed by atoms with Gasteiger partial charge in [-0.1, -0.05) is 0 Å². The minimum Gasteiger partial charge on any atom is -0.387 e. The Kier molecular flexibility index (Phi) is 3.92. The molecule has 1 unspecified atom stereocenters. The summed E-state index contributed by atoms with van der Waals surface area (Å²) in [6.07, 6.45) is -8.87. The lowest BCUT2D eigenvalue weighted by molar-refractivity contribution is -0.370. The van der Waals surface area contributed by atoms with Gasteiger partial charge in [0.1, 0.15) is 18.8 Å². The first-order chi connectivity index (χ1) is 11.1. The van der Waals surface area contributed by atoms with Crippen LogP contribution in [0.2, 0.25) is 0 Å². The number of hydrogen-bond acceptors (Lipinski definition) is 7. The predicted molar refractivity (Wildman–Crippen MR) is 69.4 cm³/mol. The summed E-state index contributed by atoms with van der Waals surface area (Å²) in [6.45, 7) is 0.123. The summed E-state index contributed by atoms with van der Waals surface area (Å²) in [7, 11) is -2.29. The van der Waals surface area contributed by atoms with E-state index in [1.165, 1.54) is 0 Å². The Morgan fingerprint density at radius 3 is 2.75 bits per heavy atom. The molecule has 2 aliphatic heterocycles. The zero-order valence-electron chi connectivity index (χ0n) is 11.9. The standard InChI is InChI=1S/C11H10F3N2O7P/c1-24(20)21-3-10-6(17)5(22-11(10,13)14)8(23-10)16-2-4(12)7(18)15-9(16)19/h2,5-6,8,17H,3H2,1H3/p+1/t5-,6+,8-,10-/m1/s1. The van der Waals surface area contributed by atoms with E-state index in [1.807, 2.05) is 0 Å². The average molecular weight is 371 g/mol. The van der Waals surface area contributed by atoms with Crippen molar-refractivity contribution in [1.29, 1.82) is 0 Å². The van der Waals surface area contributed by atoms with E-state index < -0.39 is 61.8 Å². The van der Waals surface area contributed by atoms with Crippen LogP contribution in [0.4, 0.5) is 13.2 Å². The number of nitrogens with zero attached hydrogens (tertiary/aromatic N) is 1. The number of aliphatic hydroxyl groups is 1. The maximum absolute atomic E-state index is 14.0. The zero-order valence-corrected chi connectivity index (χ0v) is 12.8. The number of rotatable bonds is 4. The Morgan fingerprint density at radius 1 is 1.46 bits per heavy atom. The maximum atomic E-state index is 14.0. The van der Waals surface area contributed by atoms with Crippen molar-refractivity contribution in [3.63, 3.8) is 0 Å². The minimum absolute atomic E-state index is 0.454. The molecule has 0 amide bonds. The second kappa shape index (κ2) is 5.46. The van der Waals surface area contributed by atoms with Gasteiger partial charge in [0.15, 0.2) is 12.9 Å². The van der Waals surface area contributed by atoms with Crippen LogP contribution in [-0.2, 0) is 18.6 Å². The molecule has 0 radical (unpaired) electrons. The Labute approximate surface area is 131 Å². The normalized spacial score (nSPS) is 34.5. The van der Waals surface area contributed by atoms with Gasteiger partial charge in [-0.3, -0.25) is 14.3 Å². The fourth-order valence-electron chi connectivity index (χ4n) is 2.66. The summed E-state index contributed by atoms with van der Waals surface area (Å²) in [5.41, 5.74) is -5.17. The van der Waals surface area contributed by atoms with Gasteiger partial charge < -0.3 is 14.6 Å². The molecule has 2 saturated heterocycles. The van der Waals surface area contributed by atoms with Crippen molar-refractivity contribution < 1.29 is 36.8 Å². The van der Waals surface area contributed by atoms with Crippen LogP contribution in [0.25, 0.3) is 0 Å². The molecule has 132 valence electrons. The third kappa shape index (κ3) is 2.33. The Hall–Kier alpha value is -1.59. The molecule has 13 heteroatoms. The molecule has 3 heterocycles. The van der Waals surface area contributed by atoms with Crippen molar-refractivity contribution in [1.82, 2.24) is 9.55 Å². The molecule has 0 spiro atoms. The van der Waals surface area contributed by atoms with Crippen molar-refractivity contribution in [3.8, 4) is 0 Å². The molecule has 0 aromatic carbocycles. The predicted octanol–water partition coefficient (Wildman–Crippen LogP) is -0.315. The van der Waals surface area contributed by atoms with E-state index in [0.717, 1.165) is 6.66 Å². The molecule has 2 N–H and O–H groups in total. The highest BCUT2D eigenvalue weighted by molar-refractivity contribution is 7.38. The number of alkyl halides is 2. The lowest BCUT2D eigenvalue weighted by Crippen LogP contribution is -2.55. The first-order valence-corrected chi connectivity index (χ1v) is 8.18. The summed E-state index contributed by atoms with van der Waals surface area (Å²) < 4.78 is 67.1. The van der Waals surface area contributed by atoms with Gasteiger partial charge in [0.2, 0.25) is 11.4 Å². The second-order valence-electron chi connectivity index (χ2n) is 5.30. The van der Waals surface area contributed by atoms with E-state index >= 15 is 0 Å². The topological polar surface area (TPSA) is 120 Å². The Balaban J connectivity index is 2.01. The van der Waals surface area contributed by atoms with Crippen LogP contribution in [0, 0.1) is 5.82 Å². The first-order valence-electron chi connectivity index (χ1n) is 6.55. The first kappa shape index (κ1) is 17.2. The molecule has 0 saturated carbocycles. The number of fused-ring (bicyclic) bond motifs is 2. The monoisotopic (exact) mass is 371 g/mol. The van der Waals surface area contributed by atoms with Crippen molar-refractivity contribution in [2.75, 3.05) is 13.3 Å². The van der Waals surface area contributed by atoms with Gasteiger partial charge in [-0.2, -0.15) is 13.2 Å². The average Bonchev–Trinajstić information content (AvgIpc) is 2.85. The molecule has 1 aromatic heterocycles. The fourth-order valence-corrected chi connectivity index (χ4v) is 3.04. The van der Waals surface area contributed by atoms with Crippen LogP contribution in [0.1, 0.15) is 6.23 Å². The molecule has 9 nitrogen and oxygen atoms in total.